The van der Waals surface area contributed by atoms with Crippen molar-refractivity contribution in [2.24, 2.45) is 0 Å². The van der Waals surface area contributed by atoms with Gasteiger partial charge in [0.2, 0.25) is 0 Å². The first-order valence-corrected chi connectivity index (χ1v) is 10.1. The maximum absolute atomic E-state index is 13.4. The van der Waals surface area contributed by atoms with Gasteiger partial charge in [-0.3, -0.25) is 9.48 Å². The van der Waals surface area contributed by atoms with E-state index >= 15 is 0 Å². The lowest BCUT2D eigenvalue weighted by Crippen LogP contribution is -2.31. The molecule has 1 N–H and O–H groups in total. The van der Waals surface area contributed by atoms with Crippen molar-refractivity contribution in [2.75, 3.05) is 13.7 Å². The summed E-state index contributed by atoms with van der Waals surface area (Å²) >= 11 is 0. The number of nitrogens with one attached hydrogen (secondary N) is 1. The molecule has 1 saturated heterocycles. The molecular weight excluding hydrogens is 378 g/mol. The second-order valence-electron chi connectivity index (χ2n) is 7.53. The van der Waals surface area contributed by atoms with Crippen molar-refractivity contribution in [3.05, 3.63) is 77.9 Å². The molecule has 7 nitrogen and oxygen atoms in total. The molecule has 1 aliphatic rings. The lowest BCUT2D eigenvalue weighted by molar-refractivity contribution is 0.0730. The van der Waals surface area contributed by atoms with E-state index in [1.807, 2.05) is 64.3 Å². The lowest BCUT2D eigenvalue weighted by atomic mass is 10.1. The molecule has 30 heavy (non-hydrogen) atoms. The summed E-state index contributed by atoms with van der Waals surface area (Å²) in [6.07, 6.45) is 5.50. The first kappa shape index (κ1) is 18.4. The fourth-order valence-electron chi connectivity index (χ4n) is 4.19. The van der Waals surface area contributed by atoms with Gasteiger partial charge in [-0.05, 0) is 49.2 Å². The quantitative estimate of drug-likeness (QED) is 0.552. The zero-order chi connectivity index (χ0) is 20.5. The lowest BCUT2D eigenvalue weighted by Gasteiger charge is -2.23. The van der Waals surface area contributed by atoms with E-state index in [1.54, 1.807) is 13.3 Å². The highest BCUT2D eigenvalue weighted by atomic mass is 16.5. The fourth-order valence-corrected chi connectivity index (χ4v) is 4.19. The SMILES string of the molecule is COc1ccc(C(=O)N2CCC[C@H]2c2nc3ccccc3[nH]2)cc1Cn1cccn1. The number of fused-ring (bicyclic) bond motifs is 1. The Morgan fingerprint density at radius 2 is 2.13 bits per heavy atom. The van der Waals surface area contributed by atoms with E-state index in [-0.39, 0.29) is 11.9 Å². The summed E-state index contributed by atoms with van der Waals surface area (Å²) in [5, 5.41) is 4.26. The summed E-state index contributed by atoms with van der Waals surface area (Å²) in [6.45, 7) is 1.27. The molecule has 0 radical (unpaired) electrons. The van der Waals surface area contributed by atoms with Crippen LogP contribution in [0.3, 0.4) is 0 Å². The normalized spacial score (nSPS) is 16.3. The van der Waals surface area contributed by atoms with E-state index < -0.39 is 0 Å². The molecule has 2 aromatic heterocycles. The molecule has 3 heterocycles. The number of ether oxygens (including phenoxy) is 1. The third-order valence-corrected chi connectivity index (χ3v) is 5.66. The number of aromatic amines is 1. The second-order valence-corrected chi connectivity index (χ2v) is 7.53. The number of likely N-dealkylation sites (tertiary alicyclic amines) is 1. The van der Waals surface area contributed by atoms with Crippen molar-refractivity contribution in [2.45, 2.75) is 25.4 Å². The first-order valence-electron chi connectivity index (χ1n) is 10.1. The first-order chi connectivity index (χ1) is 14.7. The number of aromatic nitrogens is 4. The van der Waals surface area contributed by atoms with Gasteiger partial charge < -0.3 is 14.6 Å². The molecule has 152 valence electrons. The number of H-pyrrole nitrogens is 1. The maximum Gasteiger partial charge on any atom is 0.254 e. The Hall–Kier alpha value is -3.61. The average Bonchev–Trinajstić information content (AvgIpc) is 3.52. The monoisotopic (exact) mass is 401 g/mol. The molecule has 0 bridgehead atoms. The molecule has 5 rings (SSSR count). The summed E-state index contributed by atoms with van der Waals surface area (Å²) < 4.78 is 7.32. The Labute approximate surface area is 174 Å². The summed E-state index contributed by atoms with van der Waals surface area (Å²) in [4.78, 5) is 23.5. The van der Waals surface area contributed by atoms with Crippen molar-refractivity contribution in [3.63, 3.8) is 0 Å². The van der Waals surface area contributed by atoms with Crippen LogP contribution in [0.15, 0.2) is 60.9 Å². The number of hydrogen-bond donors (Lipinski definition) is 1. The van der Waals surface area contributed by atoms with Gasteiger partial charge in [0.15, 0.2) is 0 Å². The van der Waals surface area contributed by atoms with E-state index in [4.69, 9.17) is 9.72 Å². The van der Waals surface area contributed by atoms with Gasteiger partial charge in [0.25, 0.3) is 5.91 Å². The molecule has 1 aliphatic heterocycles. The molecule has 4 aromatic rings. The number of para-hydroxylation sites is 2. The largest absolute Gasteiger partial charge is 0.496 e. The van der Waals surface area contributed by atoms with Crippen LogP contribution >= 0.6 is 0 Å². The minimum Gasteiger partial charge on any atom is -0.496 e. The fraction of sp³-hybridized carbons (Fsp3) is 0.261. The summed E-state index contributed by atoms with van der Waals surface area (Å²) in [5.74, 6) is 1.62. The molecule has 1 amide bonds. The molecule has 0 aliphatic carbocycles. The van der Waals surface area contributed by atoms with Crippen LogP contribution in [0.5, 0.6) is 5.75 Å². The predicted octanol–water partition coefficient (Wildman–Crippen LogP) is 3.79. The van der Waals surface area contributed by atoms with Gasteiger partial charge in [-0.1, -0.05) is 12.1 Å². The highest BCUT2D eigenvalue weighted by Crippen LogP contribution is 2.33. The number of imidazole rings is 1. The second kappa shape index (κ2) is 7.67. The predicted molar refractivity (Wildman–Crippen MR) is 113 cm³/mol. The number of amides is 1. The number of rotatable bonds is 5. The third-order valence-electron chi connectivity index (χ3n) is 5.66. The van der Waals surface area contributed by atoms with Crippen LogP contribution in [0.2, 0.25) is 0 Å². The zero-order valence-corrected chi connectivity index (χ0v) is 16.8. The molecular formula is C23H23N5O2. The highest BCUT2D eigenvalue weighted by molar-refractivity contribution is 5.95. The van der Waals surface area contributed by atoms with Gasteiger partial charge in [-0.2, -0.15) is 5.10 Å². The molecule has 2 aromatic carbocycles. The Kier molecular flexibility index (Phi) is 4.71. The van der Waals surface area contributed by atoms with Gasteiger partial charge in [0.05, 0.1) is 30.7 Å². The Bertz CT molecular complexity index is 1150. The smallest absolute Gasteiger partial charge is 0.254 e. The number of benzene rings is 2. The maximum atomic E-state index is 13.4. The Morgan fingerprint density at radius 1 is 1.23 bits per heavy atom. The van der Waals surface area contributed by atoms with E-state index in [2.05, 4.69) is 10.1 Å². The van der Waals surface area contributed by atoms with Crippen LogP contribution in [0.4, 0.5) is 0 Å². The summed E-state index contributed by atoms with van der Waals surface area (Å²) in [5.41, 5.74) is 3.50. The van der Waals surface area contributed by atoms with Crippen molar-refractivity contribution in [1.29, 1.82) is 0 Å². The van der Waals surface area contributed by atoms with Crippen molar-refractivity contribution in [1.82, 2.24) is 24.6 Å². The van der Waals surface area contributed by atoms with Gasteiger partial charge >= 0.3 is 0 Å². The minimum atomic E-state index is -0.0402. The van der Waals surface area contributed by atoms with Crippen LogP contribution in [0.25, 0.3) is 11.0 Å². The average molecular weight is 401 g/mol. The Balaban J connectivity index is 1.44. The number of carbonyl (C=O) groups is 1. The van der Waals surface area contributed by atoms with Gasteiger partial charge in [0, 0.05) is 30.1 Å². The highest BCUT2D eigenvalue weighted by Gasteiger charge is 2.33. The van der Waals surface area contributed by atoms with E-state index in [0.717, 1.165) is 47.6 Å². The van der Waals surface area contributed by atoms with Crippen molar-refractivity contribution in [3.8, 4) is 5.75 Å². The number of nitrogens with zero attached hydrogens (tertiary/aromatic N) is 4. The van der Waals surface area contributed by atoms with Crippen LogP contribution < -0.4 is 4.74 Å². The number of methoxy groups -OCH3 is 1. The molecule has 0 saturated carbocycles. The Morgan fingerprint density at radius 3 is 2.93 bits per heavy atom. The van der Waals surface area contributed by atoms with Crippen LogP contribution in [-0.4, -0.2) is 44.2 Å². The van der Waals surface area contributed by atoms with Gasteiger partial charge in [-0.25, -0.2) is 4.98 Å². The van der Waals surface area contributed by atoms with E-state index in [1.165, 1.54) is 0 Å². The molecule has 0 unspecified atom stereocenters. The van der Waals surface area contributed by atoms with Crippen molar-refractivity contribution < 1.29 is 9.53 Å². The summed E-state index contributed by atoms with van der Waals surface area (Å²) in [6, 6.07) is 15.4. The molecule has 0 spiro atoms. The van der Waals surface area contributed by atoms with E-state index in [9.17, 15) is 4.79 Å². The zero-order valence-electron chi connectivity index (χ0n) is 16.8. The summed E-state index contributed by atoms with van der Waals surface area (Å²) in [7, 11) is 1.64. The van der Waals surface area contributed by atoms with E-state index in [0.29, 0.717) is 12.1 Å². The van der Waals surface area contributed by atoms with Crippen LogP contribution in [0, 0.1) is 0 Å². The topological polar surface area (TPSA) is 76.0 Å². The standard InChI is InChI=1S/C23H23N5O2/c1-30-21-10-9-16(14-17(21)15-27-12-5-11-24-27)23(29)28-13-4-8-20(28)22-25-18-6-2-3-7-19(18)26-22/h2-3,5-7,9-12,14,20H,4,8,13,15H2,1H3,(H,25,26)/t20-/m0/s1. The van der Waals surface area contributed by atoms with Crippen LogP contribution in [0.1, 0.15) is 40.6 Å². The number of carbonyl (C=O) groups excluding carboxylic acids is 1. The minimum absolute atomic E-state index is 0.0160. The molecule has 7 heteroatoms. The molecule has 1 fully saturated rings. The number of hydrogen-bond acceptors (Lipinski definition) is 4. The van der Waals surface area contributed by atoms with Gasteiger partial charge in [0.1, 0.15) is 11.6 Å². The van der Waals surface area contributed by atoms with Crippen LogP contribution in [-0.2, 0) is 6.54 Å². The van der Waals surface area contributed by atoms with Gasteiger partial charge in [-0.15, -0.1) is 0 Å². The molecule has 1 atom stereocenters. The van der Waals surface area contributed by atoms with Crippen molar-refractivity contribution >= 4 is 16.9 Å². The third kappa shape index (κ3) is 3.32.